The van der Waals surface area contributed by atoms with Gasteiger partial charge in [-0.1, -0.05) is 26.7 Å². The predicted octanol–water partition coefficient (Wildman–Crippen LogP) is 1.93. The van der Waals surface area contributed by atoms with Crippen LogP contribution in [0.3, 0.4) is 0 Å². The molecule has 0 atom stereocenters. The fourth-order valence-electron chi connectivity index (χ4n) is 1.22. The Morgan fingerprint density at radius 3 is 1.55 bits per heavy atom. The molecule has 0 spiro atoms. The molecule has 1 heteroatoms. The largest absolute Gasteiger partial charge is 0.346 e. The predicted molar refractivity (Wildman–Crippen MR) is 50.7 cm³/mol. The molecule has 0 aliphatic carbocycles. The Labute approximate surface area is 71.6 Å². The summed E-state index contributed by atoms with van der Waals surface area (Å²) < 4.78 is 0. The second-order valence-electron chi connectivity index (χ2n) is 3.28. The SMILES string of the molecule is CCCCC[NH2+]CCCCC. The van der Waals surface area contributed by atoms with Gasteiger partial charge in [-0.3, -0.25) is 0 Å². The molecule has 0 bridgehead atoms. The van der Waals surface area contributed by atoms with Crippen LogP contribution >= 0.6 is 0 Å². The van der Waals surface area contributed by atoms with Crippen molar-refractivity contribution in [2.24, 2.45) is 0 Å². The first kappa shape index (κ1) is 11.0. The third kappa shape index (κ3) is 9.96. The topological polar surface area (TPSA) is 16.6 Å². The molecule has 0 saturated carbocycles. The van der Waals surface area contributed by atoms with Crippen LogP contribution < -0.4 is 5.32 Å². The Hall–Kier alpha value is -0.0400. The van der Waals surface area contributed by atoms with Gasteiger partial charge in [-0.25, -0.2) is 0 Å². The zero-order valence-electron chi connectivity index (χ0n) is 8.23. The lowest BCUT2D eigenvalue weighted by atomic mass is 10.2. The number of rotatable bonds is 8. The second-order valence-corrected chi connectivity index (χ2v) is 3.28. The van der Waals surface area contributed by atoms with Crippen LogP contribution in [0.15, 0.2) is 0 Å². The molecule has 0 saturated heterocycles. The van der Waals surface area contributed by atoms with E-state index in [4.69, 9.17) is 0 Å². The number of hydrogen-bond acceptors (Lipinski definition) is 0. The van der Waals surface area contributed by atoms with Crippen LogP contribution in [0.1, 0.15) is 52.4 Å². The first-order valence-electron chi connectivity index (χ1n) is 5.23. The first-order valence-corrected chi connectivity index (χ1v) is 5.23. The van der Waals surface area contributed by atoms with E-state index in [9.17, 15) is 0 Å². The Kier molecular flexibility index (Phi) is 9.92. The van der Waals surface area contributed by atoms with Crippen LogP contribution in [0.5, 0.6) is 0 Å². The van der Waals surface area contributed by atoms with Crippen molar-refractivity contribution in [2.75, 3.05) is 13.1 Å². The molecule has 0 aromatic rings. The van der Waals surface area contributed by atoms with Crippen LogP contribution in [0.4, 0.5) is 0 Å². The number of unbranched alkanes of at least 4 members (excludes halogenated alkanes) is 4. The van der Waals surface area contributed by atoms with Gasteiger partial charge >= 0.3 is 0 Å². The molecule has 0 amide bonds. The first-order chi connectivity index (χ1) is 5.41. The molecule has 0 aromatic carbocycles. The van der Waals surface area contributed by atoms with E-state index in [0.717, 1.165) is 0 Å². The molecule has 0 fully saturated rings. The highest BCUT2D eigenvalue weighted by molar-refractivity contribution is 4.34. The highest BCUT2D eigenvalue weighted by atomic mass is 14.8. The summed E-state index contributed by atoms with van der Waals surface area (Å²) >= 11 is 0. The Morgan fingerprint density at radius 2 is 1.18 bits per heavy atom. The number of hydrogen-bond donors (Lipinski definition) is 1. The molecule has 0 unspecified atom stereocenters. The Bertz CT molecular complexity index is 53.9. The standard InChI is InChI=1S/C10H23N/c1-3-5-7-9-11-10-8-6-4-2/h11H,3-10H2,1-2H3/p+1. The summed E-state index contributed by atoms with van der Waals surface area (Å²) in [6.07, 6.45) is 8.32. The second kappa shape index (κ2) is 9.96. The normalized spacial score (nSPS) is 10.4. The maximum Gasteiger partial charge on any atom is 0.0755 e. The van der Waals surface area contributed by atoms with Gasteiger partial charge in [0, 0.05) is 0 Å². The van der Waals surface area contributed by atoms with Gasteiger partial charge in [-0.2, -0.15) is 0 Å². The molecule has 0 aliphatic rings. The third-order valence-corrected chi connectivity index (χ3v) is 2.02. The fourth-order valence-corrected chi connectivity index (χ4v) is 1.22. The van der Waals surface area contributed by atoms with Gasteiger partial charge in [0.25, 0.3) is 0 Å². The van der Waals surface area contributed by atoms with E-state index in [1.54, 1.807) is 0 Å². The van der Waals surface area contributed by atoms with Gasteiger partial charge in [0.1, 0.15) is 0 Å². The van der Waals surface area contributed by atoms with E-state index in [-0.39, 0.29) is 0 Å². The molecule has 0 aliphatic heterocycles. The van der Waals surface area contributed by atoms with Crippen molar-refractivity contribution in [1.82, 2.24) is 0 Å². The molecule has 2 N–H and O–H groups in total. The van der Waals surface area contributed by atoms with Crippen molar-refractivity contribution in [3.8, 4) is 0 Å². The average Bonchev–Trinajstić information content (AvgIpc) is 2.03. The summed E-state index contributed by atoms with van der Waals surface area (Å²) in [6.45, 7) is 7.21. The zero-order chi connectivity index (χ0) is 8.36. The van der Waals surface area contributed by atoms with Crippen molar-refractivity contribution in [2.45, 2.75) is 52.4 Å². The zero-order valence-corrected chi connectivity index (χ0v) is 8.23. The van der Waals surface area contributed by atoms with Gasteiger partial charge in [0.05, 0.1) is 13.1 Å². The third-order valence-electron chi connectivity index (χ3n) is 2.02. The van der Waals surface area contributed by atoms with Gasteiger partial charge < -0.3 is 5.32 Å². The monoisotopic (exact) mass is 158 g/mol. The molecular weight excluding hydrogens is 134 g/mol. The Morgan fingerprint density at radius 1 is 0.727 bits per heavy atom. The van der Waals surface area contributed by atoms with Crippen LogP contribution in [0, 0.1) is 0 Å². The molecule has 0 heterocycles. The van der Waals surface area contributed by atoms with Crippen LogP contribution in [-0.2, 0) is 0 Å². The maximum absolute atomic E-state index is 2.46. The van der Waals surface area contributed by atoms with E-state index in [1.807, 2.05) is 0 Å². The summed E-state index contributed by atoms with van der Waals surface area (Å²) in [5.41, 5.74) is 0. The lowest BCUT2D eigenvalue weighted by molar-refractivity contribution is -0.655. The quantitative estimate of drug-likeness (QED) is 0.520. The summed E-state index contributed by atoms with van der Waals surface area (Å²) in [5, 5.41) is 2.46. The van der Waals surface area contributed by atoms with Gasteiger partial charge in [0.2, 0.25) is 0 Å². The smallest absolute Gasteiger partial charge is 0.0755 e. The van der Waals surface area contributed by atoms with Crippen LogP contribution in [-0.4, -0.2) is 13.1 Å². The minimum absolute atomic E-state index is 1.34. The Balaban J connectivity index is 2.69. The van der Waals surface area contributed by atoms with E-state index in [2.05, 4.69) is 19.2 Å². The molecule has 0 aromatic heterocycles. The van der Waals surface area contributed by atoms with E-state index < -0.39 is 0 Å². The highest BCUT2D eigenvalue weighted by Gasteiger charge is 1.90. The average molecular weight is 158 g/mol. The lowest BCUT2D eigenvalue weighted by Gasteiger charge is -1.99. The summed E-state index contributed by atoms with van der Waals surface area (Å²) in [4.78, 5) is 0. The van der Waals surface area contributed by atoms with Crippen LogP contribution in [0.2, 0.25) is 0 Å². The number of nitrogens with two attached hydrogens (primary N) is 1. The van der Waals surface area contributed by atoms with Gasteiger partial charge in [-0.05, 0) is 25.7 Å². The van der Waals surface area contributed by atoms with Crippen molar-refractivity contribution < 1.29 is 5.32 Å². The minimum atomic E-state index is 1.34. The van der Waals surface area contributed by atoms with Crippen LogP contribution in [0.25, 0.3) is 0 Å². The molecule has 68 valence electrons. The van der Waals surface area contributed by atoms with Gasteiger partial charge in [-0.15, -0.1) is 0 Å². The summed E-state index contributed by atoms with van der Waals surface area (Å²) in [7, 11) is 0. The molecule has 11 heavy (non-hydrogen) atoms. The maximum atomic E-state index is 2.46. The molecule has 1 nitrogen and oxygen atoms in total. The van der Waals surface area contributed by atoms with Crippen molar-refractivity contribution in [1.29, 1.82) is 0 Å². The van der Waals surface area contributed by atoms with Crippen molar-refractivity contribution in [3.63, 3.8) is 0 Å². The summed E-state index contributed by atoms with van der Waals surface area (Å²) in [6, 6.07) is 0. The molecular formula is C10H24N+. The fraction of sp³-hybridized carbons (Fsp3) is 1.00. The van der Waals surface area contributed by atoms with Crippen molar-refractivity contribution >= 4 is 0 Å². The minimum Gasteiger partial charge on any atom is -0.346 e. The number of quaternary nitrogens is 1. The molecule has 0 radical (unpaired) electrons. The lowest BCUT2D eigenvalue weighted by Crippen LogP contribution is -2.84. The van der Waals surface area contributed by atoms with E-state index in [1.165, 1.54) is 51.6 Å². The van der Waals surface area contributed by atoms with Gasteiger partial charge in [0.15, 0.2) is 0 Å². The van der Waals surface area contributed by atoms with E-state index in [0.29, 0.717) is 0 Å². The highest BCUT2D eigenvalue weighted by Crippen LogP contribution is 1.90. The van der Waals surface area contributed by atoms with Crippen molar-refractivity contribution in [3.05, 3.63) is 0 Å². The summed E-state index contributed by atoms with van der Waals surface area (Å²) in [5.74, 6) is 0. The molecule has 0 rings (SSSR count). The van der Waals surface area contributed by atoms with E-state index >= 15 is 0 Å².